The number of nitrogens with one attached hydrogen (secondary N) is 1. The Bertz CT molecular complexity index is 1140. The van der Waals surface area contributed by atoms with Gasteiger partial charge in [-0.05, 0) is 60.7 Å². The monoisotopic (exact) mass is 418 g/mol. The molecule has 0 aromatic heterocycles. The van der Waals surface area contributed by atoms with Crippen molar-refractivity contribution in [3.8, 4) is 11.5 Å². The first-order chi connectivity index (χ1) is 14.5. The minimum atomic E-state index is -0.208. The first-order valence-electron chi connectivity index (χ1n) is 9.71. The highest BCUT2D eigenvalue weighted by Gasteiger charge is 2.26. The summed E-state index contributed by atoms with van der Waals surface area (Å²) in [5.74, 6) is 1.57. The van der Waals surface area contributed by atoms with Gasteiger partial charge in [-0.1, -0.05) is 25.1 Å². The number of nitrogens with zero attached hydrogens (tertiary/aromatic N) is 1. The van der Waals surface area contributed by atoms with Gasteiger partial charge in [0, 0.05) is 17.6 Å². The number of benzene rings is 3. The van der Waals surface area contributed by atoms with Crippen LogP contribution in [0.2, 0.25) is 0 Å². The molecular formula is C24H22N2O3S. The lowest BCUT2D eigenvalue weighted by Crippen LogP contribution is -2.25. The molecule has 1 aliphatic heterocycles. The highest BCUT2D eigenvalue weighted by atomic mass is 32.2. The number of fused-ring (bicyclic) bond motifs is 2. The molecule has 1 heterocycles. The molecule has 0 aliphatic carbocycles. The Morgan fingerprint density at radius 3 is 2.63 bits per heavy atom. The summed E-state index contributed by atoms with van der Waals surface area (Å²) < 4.78 is 6.02. The Balaban J connectivity index is 1.65. The highest BCUT2D eigenvalue weighted by molar-refractivity contribution is 7.99. The van der Waals surface area contributed by atoms with Gasteiger partial charge in [0.1, 0.15) is 5.75 Å². The molecule has 0 spiro atoms. The number of ether oxygens (including phenoxy) is 1. The van der Waals surface area contributed by atoms with E-state index >= 15 is 0 Å². The van der Waals surface area contributed by atoms with Gasteiger partial charge < -0.3 is 15.0 Å². The summed E-state index contributed by atoms with van der Waals surface area (Å²) in [6, 6.07) is 18.4. The Labute approximate surface area is 180 Å². The van der Waals surface area contributed by atoms with Crippen molar-refractivity contribution in [3.05, 3.63) is 77.4 Å². The molecule has 1 aliphatic rings. The van der Waals surface area contributed by atoms with E-state index in [0.29, 0.717) is 34.0 Å². The van der Waals surface area contributed by atoms with Crippen LogP contribution in [-0.4, -0.2) is 24.6 Å². The van der Waals surface area contributed by atoms with E-state index < -0.39 is 0 Å². The molecule has 0 bridgehead atoms. The molecule has 30 heavy (non-hydrogen) atoms. The van der Waals surface area contributed by atoms with E-state index in [0.717, 1.165) is 16.2 Å². The van der Waals surface area contributed by atoms with E-state index in [4.69, 9.17) is 4.74 Å². The third-order valence-corrected chi connectivity index (χ3v) is 5.86. The quantitative estimate of drug-likeness (QED) is 0.549. The number of hydrogen-bond acceptors (Lipinski definition) is 4. The smallest absolute Gasteiger partial charge is 0.261 e. The summed E-state index contributed by atoms with van der Waals surface area (Å²) >= 11 is 1.62. The maximum Gasteiger partial charge on any atom is 0.261 e. The van der Waals surface area contributed by atoms with Crippen molar-refractivity contribution >= 4 is 35.0 Å². The van der Waals surface area contributed by atoms with Gasteiger partial charge >= 0.3 is 0 Å². The lowest BCUT2D eigenvalue weighted by molar-refractivity contribution is 0.0989. The van der Waals surface area contributed by atoms with Crippen LogP contribution in [0, 0.1) is 6.92 Å². The Morgan fingerprint density at radius 2 is 1.83 bits per heavy atom. The first-order valence-corrected chi connectivity index (χ1v) is 10.7. The lowest BCUT2D eigenvalue weighted by Gasteiger charge is -2.17. The molecular weight excluding hydrogens is 396 g/mol. The number of amides is 2. The fourth-order valence-corrected chi connectivity index (χ4v) is 4.18. The minimum absolute atomic E-state index is 0.188. The number of anilines is 2. The average molecular weight is 419 g/mol. The Kier molecular flexibility index (Phi) is 5.50. The van der Waals surface area contributed by atoms with E-state index in [9.17, 15) is 9.59 Å². The fourth-order valence-electron chi connectivity index (χ4n) is 3.38. The maximum absolute atomic E-state index is 13.1. The van der Waals surface area contributed by atoms with Crippen LogP contribution in [0.3, 0.4) is 0 Å². The molecule has 0 atom stereocenters. The molecule has 3 aromatic carbocycles. The predicted molar refractivity (Wildman–Crippen MR) is 121 cm³/mol. The van der Waals surface area contributed by atoms with Crippen molar-refractivity contribution in [1.29, 1.82) is 0 Å². The van der Waals surface area contributed by atoms with Crippen molar-refractivity contribution in [2.24, 2.45) is 0 Å². The molecule has 3 aromatic rings. The van der Waals surface area contributed by atoms with E-state index in [-0.39, 0.29) is 11.8 Å². The summed E-state index contributed by atoms with van der Waals surface area (Å²) in [5.41, 5.74) is 3.32. The third kappa shape index (κ3) is 3.78. The normalized spacial score (nSPS) is 12.5. The number of hydrogen-bond donors (Lipinski definition) is 1. The van der Waals surface area contributed by atoms with Gasteiger partial charge in [0.25, 0.3) is 11.8 Å². The van der Waals surface area contributed by atoms with E-state index in [2.05, 4.69) is 5.32 Å². The predicted octanol–water partition coefficient (Wildman–Crippen LogP) is 5.74. The van der Waals surface area contributed by atoms with Crippen molar-refractivity contribution in [2.45, 2.75) is 18.7 Å². The molecule has 2 amide bonds. The second-order valence-electron chi connectivity index (χ2n) is 7.03. The molecule has 0 saturated carbocycles. The van der Waals surface area contributed by atoms with Gasteiger partial charge in [-0.2, -0.15) is 0 Å². The van der Waals surface area contributed by atoms with E-state index in [1.54, 1.807) is 48.0 Å². The van der Waals surface area contributed by atoms with E-state index in [1.165, 1.54) is 0 Å². The first kappa shape index (κ1) is 20.0. The fraction of sp³-hybridized carbons (Fsp3) is 0.167. The summed E-state index contributed by atoms with van der Waals surface area (Å²) in [7, 11) is 1.72. The summed E-state index contributed by atoms with van der Waals surface area (Å²) in [5, 5.41) is 2.91. The van der Waals surface area contributed by atoms with Crippen LogP contribution in [0.25, 0.3) is 0 Å². The van der Waals surface area contributed by atoms with Crippen LogP contribution in [0.4, 0.5) is 11.4 Å². The second-order valence-corrected chi connectivity index (χ2v) is 8.34. The number of carbonyl (C=O) groups is 2. The standard InChI is InChI=1S/C24H22N2O3S/c1-4-30-22-8-6-5-7-17(22)23(27)25-16-10-12-20-18(14-16)24(28)26(3)19-13-15(2)9-11-21(19)29-20/h5-14H,4H2,1-3H3,(H,25,27). The van der Waals surface area contributed by atoms with Crippen molar-refractivity contribution in [1.82, 2.24) is 0 Å². The second kappa shape index (κ2) is 8.24. The van der Waals surface area contributed by atoms with Crippen LogP contribution in [0.5, 0.6) is 11.5 Å². The van der Waals surface area contributed by atoms with Crippen molar-refractivity contribution in [2.75, 3.05) is 23.0 Å². The van der Waals surface area contributed by atoms with Crippen molar-refractivity contribution < 1.29 is 14.3 Å². The SMILES string of the molecule is CCSc1ccccc1C(=O)Nc1ccc2c(c1)C(=O)N(C)c1cc(C)ccc1O2. The number of aryl methyl sites for hydroxylation is 1. The van der Waals surface area contributed by atoms with Gasteiger partial charge in [0.15, 0.2) is 5.75 Å². The van der Waals surface area contributed by atoms with Gasteiger partial charge in [0.05, 0.1) is 16.8 Å². The third-order valence-electron chi connectivity index (χ3n) is 4.90. The highest BCUT2D eigenvalue weighted by Crippen LogP contribution is 2.39. The van der Waals surface area contributed by atoms with E-state index in [1.807, 2.05) is 50.2 Å². The lowest BCUT2D eigenvalue weighted by atomic mass is 10.1. The zero-order valence-electron chi connectivity index (χ0n) is 17.1. The van der Waals surface area contributed by atoms with Crippen LogP contribution >= 0.6 is 11.8 Å². The topological polar surface area (TPSA) is 58.6 Å². The molecule has 1 N–H and O–H groups in total. The molecule has 152 valence electrons. The molecule has 0 saturated heterocycles. The van der Waals surface area contributed by atoms with Crippen LogP contribution in [-0.2, 0) is 0 Å². The van der Waals surface area contributed by atoms with Crippen LogP contribution in [0.1, 0.15) is 33.2 Å². The van der Waals surface area contributed by atoms with Gasteiger partial charge in [-0.3, -0.25) is 9.59 Å². The van der Waals surface area contributed by atoms with Crippen LogP contribution in [0.15, 0.2) is 65.6 Å². The number of carbonyl (C=O) groups excluding carboxylic acids is 2. The summed E-state index contributed by atoms with van der Waals surface area (Å²) in [6.45, 7) is 4.02. The zero-order chi connectivity index (χ0) is 21.3. The Morgan fingerprint density at radius 1 is 1.07 bits per heavy atom. The number of rotatable bonds is 4. The maximum atomic E-state index is 13.1. The molecule has 0 radical (unpaired) electrons. The van der Waals surface area contributed by atoms with Gasteiger partial charge in [-0.15, -0.1) is 11.8 Å². The largest absolute Gasteiger partial charge is 0.454 e. The molecule has 4 rings (SSSR count). The average Bonchev–Trinajstić information content (AvgIpc) is 2.84. The van der Waals surface area contributed by atoms with Gasteiger partial charge in [-0.25, -0.2) is 0 Å². The zero-order valence-corrected chi connectivity index (χ0v) is 17.9. The number of thioether (sulfide) groups is 1. The van der Waals surface area contributed by atoms with Crippen molar-refractivity contribution in [3.63, 3.8) is 0 Å². The Hall–Kier alpha value is -3.25. The van der Waals surface area contributed by atoms with Gasteiger partial charge in [0.2, 0.25) is 0 Å². The van der Waals surface area contributed by atoms with Crippen LogP contribution < -0.4 is 15.0 Å². The summed E-state index contributed by atoms with van der Waals surface area (Å²) in [6.07, 6.45) is 0. The molecule has 5 nitrogen and oxygen atoms in total. The molecule has 0 fully saturated rings. The summed E-state index contributed by atoms with van der Waals surface area (Å²) in [4.78, 5) is 28.4. The molecule has 0 unspecified atom stereocenters. The molecule has 6 heteroatoms. The minimum Gasteiger partial charge on any atom is -0.454 e.